The van der Waals surface area contributed by atoms with Gasteiger partial charge in [0, 0.05) is 23.1 Å². The average Bonchev–Trinajstić information content (AvgIpc) is 3.28. The van der Waals surface area contributed by atoms with Gasteiger partial charge in [-0.3, -0.25) is 15.4 Å². The number of piperidine rings is 1. The van der Waals surface area contributed by atoms with Crippen LogP contribution in [0.2, 0.25) is 0 Å². The second kappa shape index (κ2) is 9.63. The summed E-state index contributed by atoms with van der Waals surface area (Å²) in [6.45, 7) is 6.47. The van der Waals surface area contributed by atoms with Gasteiger partial charge < -0.3 is 9.47 Å². The monoisotopic (exact) mass is 442 g/mol. The normalized spacial score (nSPS) is 14.6. The van der Waals surface area contributed by atoms with E-state index in [0.29, 0.717) is 6.61 Å². The first kappa shape index (κ1) is 21.5. The fourth-order valence-electron chi connectivity index (χ4n) is 4.54. The molecule has 0 aliphatic carbocycles. The summed E-state index contributed by atoms with van der Waals surface area (Å²) in [5, 5.41) is 19.0. The molecule has 170 valence electrons. The van der Waals surface area contributed by atoms with E-state index in [1.807, 2.05) is 31.2 Å². The molecule has 0 saturated carbocycles. The quantitative estimate of drug-likeness (QED) is 0.288. The lowest BCUT2D eigenvalue weighted by Gasteiger charge is -2.26. The SMILES string of the molecule is CCOC(=N)c1ccc2[nH]nc(-c3ccc4cc(OCCN5CCCCC5)ccc4c3)c2c1. The predicted octanol–water partition coefficient (Wildman–Crippen LogP) is 5.61. The summed E-state index contributed by atoms with van der Waals surface area (Å²) in [5.74, 6) is 1.09. The molecule has 0 radical (unpaired) electrons. The molecule has 1 aromatic heterocycles. The maximum absolute atomic E-state index is 8.10. The van der Waals surface area contributed by atoms with Crippen LogP contribution in [0.3, 0.4) is 0 Å². The zero-order valence-corrected chi connectivity index (χ0v) is 19.1. The van der Waals surface area contributed by atoms with Crippen molar-refractivity contribution in [3.63, 3.8) is 0 Å². The van der Waals surface area contributed by atoms with Crippen LogP contribution < -0.4 is 4.74 Å². The summed E-state index contributed by atoms with van der Waals surface area (Å²) in [4.78, 5) is 2.49. The number of likely N-dealkylation sites (tertiary alicyclic amines) is 1. The van der Waals surface area contributed by atoms with E-state index >= 15 is 0 Å². The third kappa shape index (κ3) is 4.71. The van der Waals surface area contributed by atoms with E-state index in [9.17, 15) is 0 Å². The Balaban J connectivity index is 1.35. The Kier molecular flexibility index (Phi) is 6.26. The van der Waals surface area contributed by atoms with Crippen LogP contribution in [0.25, 0.3) is 32.9 Å². The number of nitrogens with zero attached hydrogens (tertiary/aromatic N) is 2. The second-order valence-corrected chi connectivity index (χ2v) is 8.57. The number of ether oxygens (including phenoxy) is 2. The molecular weight excluding hydrogens is 412 g/mol. The Hall–Kier alpha value is -3.38. The Morgan fingerprint density at radius 2 is 1.82 bits per heavy atom. The van der Waals surface area contributed by atoms with Crippen molar-refractivity contribution in [2.75, 3.05) is 32.8 Å². The molecule has 6 nitrogen and oxygen atoms in total. The fourth-order valence-corrected chi connectivity index (χ4v) is 4.54. The van der Waals surface area contributed by atoms with Crippen molar-refractivity contribution >= 4 is 27.6 Å². The molecule has 0 spiro atoms. The van der Waals surface area contributed by atoms with Crippen molar-refractivity contribution in [2.24, 2.45) is 0 Å². The first-order valence-corrected chi connectivity index (χ1v) is 11.8. The summed E-state index contributed by atoms with van der Waals surface area (Å²) in [6, 6.07) is 18.4. The molecule has 2 heterocycles. The van der Waals surface area contributed by atoms with Crippen molar-refractivity contribution < 1.29 is 9.47 Å². The Labute approximate surface area is 194 Å². The summed E-state index contributed by atoms with van der Waals surface area (Å²) in [6.07, 6.45) is 3.97. The lowest BCUT2D eigenvalue weighted by molar-refractivity contribution is 0.183. The van der Waals surface area contributed by atoms with Crippen LogP contribution in [0.1, 0.15) is 31.7 Å². The van der Waals surface area contributed by atoms with Crippen LogP contribution in [0.4, 0.5) is 0 Å². The molecule has 0 amide bonds. The minimum atomic E-state index is 0.179. The molecule has 1 aliphatic heterocycles. The number of benzene rings is 3. The van der Waals surface area contributed by atoms with Crippen molar-refractivity contribution in [3.05, 3.63) is 60.2 Å². The predicted molar refractivity (Wildman–Crippen MR) is 133 cm³/mol. The first-order chi connectivity index (χ1) is 16.2. The minimum Gasteiger partial charge on any atom is -0.492 e. The number of H-pyrrole nitrogens is 1. The van der Waals surface area contributed by atoms with E-state index in [2.05, 4.69) is 45.4 Å². The van der Waals surface area contributed by atoms with Crippen LogP contribution >= 0.6 is 0 Å². The number of hydrogen-bond acceptors (Lipinski definition) is 5. The molecule has 5 rings (SSSR count). The number of aromatic amines is 1. The molecular formula is C27H30N4O2. The van der Waals surface area contributed by atoms with Crippen LogP contribution in [0.15, 0.2) is 54.6 Å². The smallest absolute Gasteiger partial charge is 0.213 e. The lowest BCUT2D eigenvalue weighted by atomic mass is 10.0. The summed E-state index contributed by atoms with van der Waals surface area (Å²) in [7, 11) is 0. The number of aromatic nitrogens is 2. The summed E-state index contributed by atoms with van der Waals surface area (Å²) in [5.41, 5.74) is 3.60. The van der Waals surface area contributed by atoms with Gasteiger partial charge >= 0.3 is 0 Å². The fraction of sp³-hybridized carbons (Fsp3) is 0.333. The standard InChI is InChI=1S/C27H30N4O2/c1-2-32-27(28)22-9-11-25-24(18-22)26(30-29-25)21-7-6-20-17-23(10-8-19(20)16-21)33-15-14-31-12-4-3-5-13-31/h6-11,16-18,28H,2-5,12-15H2,1H3,(H,29,30). The van der Waals surface area contributed by atoms with Gasteiger partial charge in [0.25, 0.3) is 0 Å². The molecule has 1 aliphatic rings. The number of rotatable bonds is 7. The van der Waals surface area contributed by atoms with E-state index in [1.54, 1.807) is 0 Å². The topological polar surface area (TPSA) is 74.2 Å². The van der Waals surface area contributed by atoms with Gasteiger partial charge in [-0.2, -0.15) is 5.10 Å². The van der Waals surface area contributed by atoms with Crippen LogP contribution in [-0.4, -0.2) is 53.8 Å². The molecule has 4 aromatic rings. The van der Waals surface area contributed by atoms with Crippen LogP contribution in [-0.2, 0) is 4.74 Å². The van der Waals surface area contributed by atoms with E-state index in [1.165, 1.54) is 32.4 Å². The molecule has 0 bridgehead atoms. The third-order valence-electron chi connectivity index (χ3n) is 6.32. The largest absolute Gasteiger partial charge is 0.492 e. The lowest BCUT2D eigenvalue weighted by Crippen LogP contribution is -2.33. The van der Waals surface area contributed by atoms with Crippen molar-refractivity contribution in [1.29, 1.82) is 5.41 Å². The molecule has 1 saturated heterocycles. The third-order valence-corrected chi connectivity index (χ3v) is 6.32. The molecule has 0 atom stereocenters. The Morgan fingerprint density at radius 1 is 1.00 bits per heavy atom. The number of hydrogen-bond donors (Lipinski definition) is 2. The van der Waals surface area contributed by atoms with Gasteiger partial charge in [-0.1, -0.05) is 24.6 Å². The van der Waals surface area contributed by atoms with Gasteiger partial charge in [0.1, 0.15) is 12.4 Å². The van der Waals surface area contributed by atoms with E-state index in [-0.39, 0.29) is 5.90 Å². The summed E-state index contributed by atoms with van der Waals surface area (Å²) >= 11 is 0. The highest BCUT2D eigenvalue weighted by atomic mass is 16.5. The second-order valence-electron chi connectivity index (χ2n) is 8.57. The maximum atomic E-state index is 8.10. The van der Waals surface area contributed by atoms with Gasteiger partial charge in [-0.15, -0.1) is 0 Å². The van der Waals surface area contributed by atoms with Gasteiger partial charge in [-0.25, -0.2) is 0 Å². The van der Waals surface area contributed by atoms with Crippen molar-refractivity contribution in [2.45, 2.75) is 26.2 Å². The molecule has 0 unspecified atom stereocenters. The Bertz CT molecular complexity index is 1270. The molecule has 3 aromatic carbocycles. The highest BCUT2D eigenvalue weighted by Gasteiger charge is 2.13. The van der Waals surface area contributed by atoms with E-state index in [4.69, 9.17) is 14.9 Å². The molecule has 1 fully saturated rings. The zero-order chi connectivity index (χ0) is 22.6. The molecule has 33 heavy (non-hydrogen) atoms. The minimum absolute atomic E-state index is 0.179. The van der Waals surface area contributed by atoms with E-state index < -0.39 is 0 Å². The molecule has 6 heteroatoms. The van der Waals surface area contributed by atoms with Gasteiger partial charge in [0.15, 0.2) is 0 Å². The summed E-state index contributed by atoms with van der Waals surface area (Å²) < 4.78 is 11.4. The zero-order valence-electron chi connectivity index (χ0n) is 19.1. The van der Waals surface area contributed by atoms with E-state index in [0.717, 1.165) is 57.4 Å². The van der Waals surface area contributed by atoms with Crippen LogP contribution in [0.5, 0.6) is 5.75 Å². The van der Waals surface area contributed by atoms with Crippen LogP contribution in [0, 0.1) is 5.41 Å². The Morgan fingerprint density at radius 3 is 2.67 bits per heavy atom. The average molecular weight is 443 g/mol. The van der Waals surface area contributed by atoms with Gasteiger partial charge in [0.2, 0.25) is 5.90 Å². The van der Waals surface area contributed by atoms with Crippen molar-refractivity contribution in [1.82, 2.24) is 15.1 Å². The van der Waals surface area contributed by atoms with Crippen molar-refractivity contribution in [3.8, 4) is 17.0 Å². The maximum Gasteiger partial charge on any atom is 0.213 e. The van der Waals surface area contributed by atoms with Gasteiger partial charge in [0.05, 0.1) is 17.8 Å². The number of nitrogens with one attached hydrogen (secondary N) is 2. The highest BCUT2D eigenvalue weighted by Crippen LogP contribution is 2.31. The first-order valence-electron chi connectivity index (χ1n) is 11.8. The highest BCUT2D eigenvalue weighted by molar-refractivity contribution is 6.01. The van der Waals surface area contributed by atoms with Gasteiger partial charge in [-0.05, 0) is 80.0 Å². The number of fused-ring (bicyclic) bond motifs is 2. The molecule has 2 N–H and O–H groups in total.